The fourth-order valence-corrected chi connectivity index (χ4v) is 2.74. The third-order valence-electron chi connectivity index (χ3n) is 3.96. The number of rotatable bonds is 2. The average molecular weight is 215 g/mol. The molecule has 0 radical (unpaired) electrons. The molecule has 2 aromatic rings. The van der Waals surface area contributed by atoms with Gasteiger partial charge in [0.25, 0.3) is 0 Å². The highest BCUT2D eigenvalue weighted by Gasteiger charge is 2.48. The molecular weight excluding hydrogens is 198 g/mol. The predicted molar refractivity (Wildman–Crippen MR) is 65.3 cm³/mol. The van der Waals surface area contributed by atoms with E-state index in [-0.39, 0.29) is 11.5 Å². The Hall–Kier alpha value is -1.35. The molecule has 3 heteroatoms. The van der Waals surface area contributed by atoms with Crippen LogP contribution < -0.4 is 5.73 Å². The first-order valence-corrected chi connectivity index (χ1v) is 5.82. The van der Waals surface area contributed by atoms with Crippen molar-refractivity contribution in [1.29, 1.82) is 0 Å². The van der Waals surface area contributed by atoms with E-state index in [0.717, 1.165) is 0 Å². The predicted octanol–water partition coefficient (Wildman–Crippen LogP) is 1.95. The molecule has 2 N–H and O–H groups in total. The van der Waals surface area contributed by atoms with E-state index < -0.39 is 0 Å². The van der Waals surface area contributed by atoms with Crippen molar-refractivity contribution in [2.75, 3.05) is 0 Å². The molecular formula is C13H17N3. The van der Waals surface area contributed by atoms with Crippen molar-refractivity contribution < 1.29 is 0 Å². The molecule has 0 aliphatic heterocycles. The lowest BCUT2D eigenvalue weighted by molar-refractivity contribution is 0.557. The molecule has 0 bridgehead atoms. The number of fused-ring (bicyclic) bond motifs is 1. The molecule has 1 atom stereocenters. The van der Waals surface area contributed by atoms with Gasteiger partial charge in [0.1, 0.15) is 0 Å². The van der Waals surface area contributed by atoms with Crippen molar-refractivity contribution >= 4 is 10.9 Å². The van der Waals surface area contributed by atoms with Crippen molar-refractivity contribution in [2.24, 2.45) is 12.8 Å². The zero-order valence-electron chi connectivity index (χ0n) is 9.77. The van der Waals surface area contributed by atoms with E-state index in [2.05, 4.69) is 30.2 Å². The fraction of sp³-hybridized carbons (Fsp3) is 0.462. The third kappa shape index (κ3) is 1.15. The van der Waals surface area contributed by atoms with Crippen LogP contribution in [0.25, 0.3) is 10.9 Å². The highest BCUT2D eigenvalue weighted by molar-refractivity contribution is 5.83. The van der Waals surface area contributed by atoms with Gasteiger partial charge in [0, 0.05) is 23.9 Å². The highest BCUT2D eigenvalue weighted by atomic mass is 15.2. The van der Waals surface area contributed by atoms with Gasteiger partial charge < -0.3 is 5.73 Å². The number of hydrogen-bond donors (Lipinski definition) is 1. The molecule has 1 saturated carbocycles. The van der Waals surface area contributed by atoms with Crippen molar-refractivity contribution in [3.05, 3.63) is 30.0 Å². The number of hydrogen-bond acceptors (Lipinski definition) is 2. The summed E-state index contributed by atoms with van der Waals surface area (Å²) in [5, 5.41) is 5.55. The summed E-state index contributed by atoms with van der Waals surface area (Å²) in [5.74, 6) is 0. The van der Waals surface area contributed by atoms with Gasteiger partial charge in [0.15, 0.2) is 0 Å². The lowest BCUT2D eigenvalue weighted by atomic mass is 9.88. The maximum absolute atomic E-state index is 6.14. The van der Waals surface area contributed by atoms with Crippen LogP contribution in [-0.4, -0.2) is 15.8 Å². The number of aromatic nitrogens is 2. The number of aryl methyl sites for hydroxylation is 1. The Labute approximate surface area is 95.2 Å². The van der Waals surface area contributed by atoms with E-state index in [0.29, 0.717) is 0 Å². The molecule has 0 saturated heterocycles. The summed E-state index contributed by atoms with van der Waals surface area (Å²) in [6.07, 6.45) is 4.33. The quantitative estimate of drug-likeness (QED) is 0.832. The van der Waals surface area contributed by atoms with Gasteiger partial charge in [0.05, 0.1) is 11.7 Å². The molecule has 1 unspecified atom stereocenters. The van der Waals surface area contributed by atoms with Crippen molar-refractivity contribution in [2.45, 2.75) is 31.2 Å². The van der Waals surface area contributed by atoms with Crippen molar-refractivity contribution in [3.8, 4) is 0 Å². The van der Waals surface area contributed by atoms with Crippen LogP contribution in [0.3, 0.4) is 0 Å². The van der Waals surface area contributed by atoms with Gasteiger partial charge in [-0.05, 0) is 25.3 Å². The van der Waals surface area contributed by atoms with E-state index >= 15 is 0 Å². The fourth-order valence-electron chi connectivity index (χ4n) is 2.74. The Balaban J connectivity index is 2.28. The Morgan fingerprint density at radius 3 is 2.81 bits per heavy atom. The SMILES string of the molecule is CC(N)C1(c2cccc3cnn(C)c23)CC1. The number of nitrogens with two attached hydrogens (primary N) is 1. The molecule has 84 valence electrons. The van der Waals surface area contributed by atoms with E-state index in [9.17, 15) is 0 Å². The Bertz CT molecular complexity index is 535. The van der Waals surface area contributed by atoms with Crippen LogP contribution in [0.2, 0.25) is 0 Å². The molecule has 0 amide bonds. The van der Waals surface area contributed by atoms with E-state index in [4.69, 9.17) is 5.73 Å². The van der Waals surface area contributed by atoms with Gasteiger partial charge in [-0.15, -0.1) is 0 Å². The second kappa shape index (κ2) is 3.08. The molecule has 16 heavy (non-hydrogen) atoms. The summed E-state index contributed by atoms with van der Waals surface area (Å²) in [6, 6.07) is 6.65. The molecule has 1 heterocycles. The third-order valence-corrected chi connectivity index (χ3v) is 3.96. The largest absolute Gasteiger partial charge is 0.327 e. The summed E-state index contributed by atoms with van der Waals surface area (Å²) >= 11 is 0. The normalized spacial score (nSPS) is 19.9. The van der Waals surface area contributed by atoms with Gasteiger partial charge in [-0.25, -0.2) is 0 Å². The summed E-state index contributed by atoms with van der Waals surface area (Å²) in [6.45, 7) is 2.11. The van der Waals surface area contributed by atoms with Crippen molar-refractivity contribution in [3.63, 3.8) is 0 Å². The van der Waals surface area contributed by atoms with Gasteiger partial charge in [0.2, 0.25) is 0 Å². The minimum atomic E-state index is 0.202. The molecule has 3 nitrogen and oxygen atoms in total. The maximum atomic E-state index is 6.14. The van der Waals surface area contributed by atoms with Crippen LogP contribution in [0.5, 0.6) is 0 Å². The zero-order chi connectivity index (χ0) is 11.3. The second-order valence-electron chi connectivity index (χ2n) is 4.96. The number of para-hydroxylation sites is 1. The first kappa shape index (κ1) is 9.85. The van der Waals surface area contributed by atoms with Gasteiger partial charge in [-0.1, -0.05) is 18.2 Å². The van der Waals surface area contributed by atoms with Gasteiger partial charge in [-0.2, -0.15) is 5.10 Å². The summed E-state index contributed by atoms with van der Waals surface area (Å²) in [7, 11) is 2.00. The monoisotopic (exact) mass is 215 g/mol. The molecule has 1 aromatic heterocycles. The number of benzene rings is 1. The summed E-state index contributed by atoms with van der Waals surface area (Å²) in [4.78, 5) is 0. The molecule has 3 rings (SSSR count). The topological polar surface area (TPSA) is 43.8 Å². The van der Waals surface area contributed by atoms with E-state index in [1.54, 1.807) is 0 Å². The van der Waals surface area contributed by atoms with Crippen LogP contribution in [0, 0.1) is 0 Å². The first-order chi connectivity index (χ1) is 7.65. The van der Waals surface area contributed by atoms with Crippen molar-refractivity contribution in [1.82, 2.24) is 9.78 Å². The lowest BCUT2D eigenvalue weighted by Gasteiger charge is -2.21. The number of nitrogens with zero attached hydrogens (tertiary/aromatic N) is 2. The first-order valence-electron chi connectivity index (χ1n) is 5.82. The Morgan fingerprint density at radius 2 is 2.19 bits per heavy atom. The van der Waals surface area contributed by atoms with Crippen LogP contribution in [0.1, 0.15) is 25.3 Å². The van der Waals surface area contributed by atoms with Crippen LogP contribution >= 0.6 is 0 Å². The average Bonchev–Trinajstić information content (AvgIpc) is 3.00. The van der Waals surface area contributed by atoms with Gasteiger partial charge >= 0.3 is 0 Å². The van der Waals surface area contributed by atoms with E-state index in [1.165, 1.54) is 29.3 Å². The van der Waals surface area contributed by atoms with Gasteiger partial charge in [-0.3, -0.25) is 4.68 Å². The molecule has 1 aliphatic rings. The second-order valence-corrected chi connectivity index (χ2v) is 4.96. The van der Waals surface area contributed by atoms with Crippen LogP contribution in [-0.2, 0) is 12.5 Å². The Morgan fingerprint density at radius 1 is 1.44 bits per heavy atom. The lowest BCUT2D eigenvalue weighted by Crippen LogP contribution is -2.31. The molecule has 0 spiro atoms. The Kier molecular flexibility index (Phi) is 1.89. The molecule has 1 fully saturated rings. The minimum absolute atomic E-state index is 0.202. The smallest absolute Gasteiger partial charge is 0.0717 e. The maximum Gasteiger partial charge on any atom is 0.0717 e. The molecule has 1 aromatic carbocycles. The summed E-state index contributed by atoms with van der Waals surface area (Å²) < 4.78 is 1.97. The zero-order valence-corrected chi connectivity index (χ0v) is 9.77. The molecule has 1 aliphatic carbocycles. The summed E-state index contributed by atoms with van der Waals surface area (Å²) in [5.41, 5.74) is 8.97. The van der Waals surface area contributed by atoms with Crippen LogP contribution in [0.15, 0.2) is 24.4 Å². The van der Waals surface area contributed by atoms with Crippen LogP contribution in [0.4, 0.5) is 0 Å². The standard InChI is InChI=1S/C13H17N3/c1-9(14)13(6-7-13)11-5-3-4-10-8-15-16(2)12(10)11/h3-5,8-9H,6-7,14H2,1-2H3. The van der Waals surface area contributed by atoms with E-state index in [1.807, 2.05) is 17.9 Å². The highest BCUT2D eigenvalue weighted by Crippen LogP contribution is 2.52. The minimum Gasteiger partial charge on any atom is -0.327 e.